The molecule has 274 valence electrons. The second-order valence-corrected chi connectivity index (χ2v) is 14.1. The highest BCUT2D eigenvalue weighted by molar-refractivity contribution is 7.47. The van der Waals surface area contributed by atoms with Gasteiger partial charge in [-0.25, -0.2) is 4.57 Å². The number of carboxylic acids is 1. The minimum atomic E-state index is -4.53. The molecule has 5 N–H and O–H groups in total. The number of methoxy groups -OCH3 is 1. The summed E-state index contributed by atoms with van der Waals surface area (Å²) >= 11 is 0. The van der Waals surface area contributed by atoms with Gasteiger partial charge in [-0.3, -0.25) is 13.8 Å². The van der Waals surface area contributed by atoms with Crippen LogP contribution in [0.5, 0.6) is 0 Å². The van der Waals surface area contributed by atoms with E-state index in [1.54, 1.807) is 7.11 Å². The van der Waals surface area contributed by atoms with Gasteiger partial charge in [-0.2, -0.15) is 0 Å². The van der Waals surface area contributed by atoms with Crippen LogP contribution in [0.3, 0.4) is 0 Å². The van der Waals surface area contributed by atoms with E-state index in [9.17, 15) is 19.4 Å². The van der Waals surface area contributed by atoms with E-state index in [0.717, 1.165) is 19.3 Å². The molecule has 0 rings (SSSR count). The first kappa shape index (κ1) is 45.2. The van der Waals surface area contributed by atoms with Crippen molar-refractivity contribution in [2.45, 2.75) is 173 Å². The fourth-order valence-electron chi connectivity index (χ4n) is 5.15. The lowest BCUT2D eigenvalue weighted by molar-refractivity contribution is -0.139. The Labute approximate surface area is 280 Å². The largest absolute Gasteiger partial charge is 0.480 e. The third-order valence-corrected chi connectivity index (χ3v) is 9.10. The second-order valence-electron chi connectivity index (χ2n) is 12.6. The molecule has 0 fully saturated rings. The van der Waals surface area contributed by atoms with Crippen LogP contribution in [0.4, 0.5) is 0 Å². The van der Waals surface area contributed by atoms with Gasteiger partial charge in [0, 0.05) is 7.11 Å². The maximum Gasteiger partial charge on any atom is 0.472 e. The molecule has 0 aromatic rings. The van der Waals surface area contributed by atoms with Crippen molar-refractivity contribution in [1.82, 2.24) is 0 Å². The summed E-state index contributed by atoms with van der Waals surface area (Å²) in [6.45, 7) is 1.26. The van der Waals surface area contributed by atoms with Crippen molar-refractivity contribution in [3.05, 3.63) is 12.2 Å². The predicted octanol–water partition coefficient (Wildman–Crippen LogP) is 8.47. The fourth-order valence-corrected chi connectivity index (χ4v) is 5.93. The number of nitrogens with two attached hydrogens (primary N) is 1. The average molecular weight is 680 g/mol. The van der Waals surface area contributed by atoms with Crippen molar-refractivity contribution < 1.29 is 43.0 Å². The number of aliphatic hydroxyl groups is 1. The number of carbonyl (C=O) groups is 1. The summed E-state index contributed by atoms with van der Waals surface area (Å²) in [6.07, 6.45) is 33.6. The molecule has 0 bridgehead atoms. The van der Waals surface area contributed by atoms with E-state index in [-0.39, 0.29) is 12.7 Å². The van der Waals surface area contributed by atoms with Gasteiger partial charge in [-0.05, 0) is 32.1 Å². The summed E-state index contributed by atoms with van der Waals surface area (Å²) in [5.74, 6) is -1.37. The van der Waals surface area contributed by atoms with Crippen LogP contribution >= 0.6 is 7.82 Å². The summed E-state index contributed by atoms with van der Waals surface area (Å²) in [5, 5.41) is 18.6. The van der Waals surface area contributed by atoms with Gasteiger partial charge in [-0.1, -0.05) is 135 Å². The topological polar surface area (TPSA) is 158 Å². The minimum absolute atomic E-state index is 0.0879. The van der Waals surface area contributed by atoms with Gasteiger partial charge in [-0.15, -0.1) is 0 Å². The maximum absolute atomic E-state index is 11.7. The number of hydrogen-bond donors (Lipinski definition) is 4. The van der Waals surface area contributed by atoms with Crippen molar-refractivity contribution >= 4 is 13.8 Å². The molecular formula is C35H70NO9P. The van der Waals surface area contributed by atoms with Gasteiger partial charge in [0.2, 0.25) is 0 Å². The molecule has 11 heteroatoms. The van der Waals surface area contributed by atoms with Crippen LogP contribution in [0, 0.1) is 0 Å². The maximum atomic E-state index is 11.7. The third kappa shape index (κ3) is 31.7. The average Bonchev–Trinajstić information content (AvgIpc) is 3.03. The Balaban J connectivity index is 3.50. The molecule has 0 saturated heterocycles. The van der Waals surface area contributed by atoms with Crippen molar-refractivity contribution in [1.29, 1.82) is 0 Å². The number of aliphatic carboxylic acids is 1. The van der Waals surface area contributed by atoms with Gasteiger partial charge < -0.3 is 30.3 Å². The van der Waals surface area contributed by atoms with Crippen LogP contribution in [0.25, 0.3) is 0 Å². The van der Waals surface area contributed by atoms with E-state index in [1.807, 2.05) is 0 Å². The zero-order valence-corrected chi connectivity index (χ0v) is 30.2. The highest BCUT2D eigenvalue weighted by atomic mass is 31.2. The Bertz CT molecular complexity index is 756. The van der Waals surface area contributed by atoms with Gasteiger partial charge in [0.05, 0.1) is 32.5 Å². The molecule has 4 atom stereocenters. The Morgan fingerprint density at radius 1 is 0.696 bits per heavy atom. The minimum Gasteiger partial charge on any atom is -0.480 e. The van der Waals surface area contributed by atoms with Crippen LogP contribution in [-0.4, -0.2) is 72.9 Å². The van der Waals surface area contributed by atoms with Crippen molar-refractivity contribution in [2.24, 2.45) is 5.73 Å². The summed E-state index contributed by atoms with van der Waals surface area (Å²) in [4.78, 5) is 20.2. The number of phosphoric ester groups is 1. The monoisotopic (exact) mass is 679 g/mol. The first-order valence-corrected chi connectivity index (χ1v) is 19.7. The smallest absolute Gasteiger partial charge is 0.472 e. The molecule has 0 heterocycles. The zero-order chi connectivity index (χ0) is 34.1. The van der Waals surface area contributed by atoms with Gasteiger partial charge >= 0.3 is 13.8 Å². The van der Waals surface area contributed by atoms with E-state index < -0.39 is 39.2 Å². The van der Waals surface area contributed by atoms with Gasteiger partial charge in [0.25, 0.3) is 0 Å². The highest BCUT2D eigenvalue weighted by Gasteiger charge is 2.25. The third-order valence-electron chi connectivity index (χ3n) is 8.15. The quantitative estimate of drug-likeness (QED) is 0.0288. The number of carboxylic acid groups (broad SMARTS) is 1. The summed E-state index contributed by atoms with van der Waals surface area (Å²) in [5.41, 5.74) is 5.22. The zero-order valence-electron chi connectivity index (χ0n) is 29.3. The molecule has 0 amide bonds. The summed E-state index contributed by atoms with van der Waals surface area (Å²) < 4.78 is 31.9. The molecule has 0 aromatic carbocycles. The molecular weight excluding hydrogens is 609 g/mol. The van der Waals surface area contributed by atoms with Gasteiger partial charge in [0.15, 0.2) is 0 Å². The first-order chi connectivity index (χ1) is 22.2. The molecule has 0 aromatic heterocycles. The number of unbranched alkanes of at least 4 members (excludes halogenated alkanes) is 20. The van der Waals surface area contributed by atoms with Crippen LogP contribution < -0.4 is 5.73 Å². The molecule has 0 aliphatic rings. The number of ether oxygens (including phenoxy) is 2. The van der Waals surface area contributed by atoms with Crippen LogP contribution in [0.15, 0.2) is 12.2 Å². The van der Waals surface area contributed by atoms with Crippen molar-refractivity contribution in [3.8, 4) is 0 Å². The molecule has 0 spiro atoms. The fraction of sp³-hybridized carbons (Fsp3) is 0.914. The summed E-state index contributed by atoms with van der Waals surface area (Å²) in [6, 6.07) is -1.45. The van der Waals surface area contributed by atoms with Crippen molar-refractivity contribution in [3.63, 3.8) is 0 Å². The SMILES string of the molecule is CCCCCC/C=C\CCCCCCCCCCCCCCCCCCC(COC[C@@H](O)COP(=O)(O)OC[C@H](N)C(=O)O)OC. The summed E-state index contributed by atoms with van der Waals surface area (Å²) in [7, 11) is -2.90. The second kappa shape index (κ2) is 32.7. The number of hydrogen-bond acceptors (Lipinski definition) is 8. The predicted molar refractivity (Wildman–Crippen MR) is 186 cm³/mol. The van der Waals surface area contributed by atoms with E-state index in [2.05, 4.69) is 28.1 Å². The Hall–Kier alpha value is -0.840. The van der Waals surface area contributed by atoms with Crippen LogP contribution in [-0.2, 0) is 27.9 Å². The molecule has 0 aliphatic carbocycles. The van der Waals surface area contributed by atoms with Crippen LogP contribution in [0.1, 0.15) is 155 Å². The Morgan fingerprint density at radius 2 is 1.13 bits per heavy atom. The standard InChI is InChI=1S/C35H70NO9P/c1-3-4-5-6-7-8-9-10-11-12-13-14-15-16-17-18-19-20-21-22-23-24-25-26-27-33(42-2)30-43-28-32(37)29-44-46(40,41)45-31-34(36)35(38)39/h8-9,32-34,37H,3-7,10-31,36H2,1-2H3,(H,38,39)(H,40,41)/b9-8-/t32-,33?,34+/m1/s1. The Kier molecular flexibility index (Phi) is 32.1. The first-order valence-electron chi connectivity index (χ1n) is 18.3. The van der Waals surface area contributed by atoms with Crippen LogP contribution in [0.2, 0.25) is 0 Å². The molecule has 0 radical (unpaired) electrons. The number of aliphatic hydroxyl groups excluding tert-OH is 1. The number of rotatable bonds is 36. The Morgan fingerprint density at radius 3 is 1.59 bits per heavy atom. The molecule has 2 unspecified atom stereocenters. The lowest BCUT2D eigenvalue weighted by atomic mass is 10.0. The van der Waals surface area contributed by atoms with Gasteiger partial charge in [0.1, 0.15) is 12.1 Å². The normalized spacial score (nSPS) is 15.2. The van der Waals surface area contributed by atoms with E-state index >= 15 is 0 Å². The molecule has 46 heavy (non-hydrogen) atoms. The van der Waals surface area contributed by atoms with E-state index in [4.69, 9.17) is 20.3 Å². The highest BCUT2D eigenvalue weighted by Crippen LogP contribution is 2.43. The molecule has 0 aliphatic heterocycles. The molecule has 0 saturated carbocycles. The lowest BCUT2D eigenvalue weighted by Crippen LogP contribution is -2.34. The van der Waals surface area contributed by atoms with Crippen molar-refractivity contribution in [2.75, 3.05) is 33.5 Å². The van der Waals surface area contributed by atoms with E-state index in [1.165, 1.54) is 128 Å². The lowest BCUT2D eigenvalue weighted by Gasteiger charge is -2.18. The molecule has 10 nitrogen and oxygen atoms in total. The van der Waals surface area contributed by atoms with E-state index in [0.29, 0.717) is 6.61 Å². The number of allylic oxidation sites excluding steroid dienone is 2. The number of phosphoric acid groups is 1.